The summed E-state index contributed by atoms with van der Waals surface area (Å²) >= 11 is 0. The number of nitrogens with zero attached hydrogens (tertiary/aromatic N) is 3. The molecule has 1 N–H and O–H groups in total. The largest absolute Gasteiger partial charge is 0.304 e. The van der Waals surface area contributed by atoms with E-state index in [9.17, 15) is 5.26 Å². The molecule has 1 saturated carbocycles. The molecule has 16 heavy (non-hydrogen) atoms. The van der Waals surface area contributed by atoms with Crippen molar-refractivity contribution in [1.29, 1.82) is 5.26 Å². The van der Waals surface area contributed by atoms with Crippen molar-refractivity contribution in [1.82, 2.24) is 15.1 Å². The molecule has 0 aromatic heterocycles. The van der Waals surface area contributed by atoms with Gasteiger partial charge in [-0.3, -0.25) is 10.2 Å². The zero-order valence-electron chi connectivity index (χ0n) is 10.4. The fraction of sp³-hybridized carbons (Fsp3) is 0.917. The topological polar surface area (TPSA) is 42.3 Å². The van der Waals surface area contributed by atoms with E-state index in [4.69, 9.17) is 0 Å². The molecule has 1 atom stereocenters. The van der Waals surface area contributed by atoms with Gasteiger partial charge in [0.15, 0.2) is 0 Å². The van der Waals surface area contributed by atoms with Crippen molar-refractivity contribution in [2.45, 2.75) is 31.3 Å². The van der Waals surface area contributed by atoms with Gasteiger partial charge in [-0.05, 0) is 26.8 Å². The third-order valence-corrected chi connectivity index (χ3v) is 3.48. The first-order chi connectivity index (χ1) is 7.61. The number of likely N-dealkylation sites (N-methyl/N-ethyl adjacent to an activating group) is 1. The van der Waals surface area contributed by atoms with Gasteiger partial charge in [-0.1, -0.05) is 0 Å². The predicted octanol–water partition coefficient (Wildman–Crippen LogP) is 0.268. The molecule has 4 nitrogen and oxygen atoms in total. The van der Waals surface area contributed by atoms with Crippen LogP contribution in [0.2, 0.25) is 0 Å². The SMILES string of the molecule is CN1CCN(CC(C)(C#N)NC2CC2)CC1. The lowest BCUT2D eigenvalue weighted by Crippen LogP contribution is -2.55. The van der Waals surface area contributed by atoms with Crippen LogP contribution in [0, 0.1) is 11.3 Å². The molecule has 0 aromatic rings. The monoisotopic (exact) mass is 222 g/mol. The second-order valence-electron chi connectivity index (χ2n) is 5.44. The molecule has 0 bridgehead atoms. The van der Waals surface area contributed by atoms with E-state index in [0.717, 1.165) is 32.7 Å². The third kappa shape index (κ3) is 3.18. The highest BCUT2D eigenvalue weighted by molar-refractivity contribution is 5.09. The maximum atomic E-state index is 9.30. The van der Waals surface area contributed by atoms with Crippen LogP contribution >= 0.6 is 0 Å². The first-order valence-electron chi connectivity index (χ1n) is 6.21. The standard InChI is InChI=1S/C12H22N4/c1-12(9-13,14-11-3-4-11)10-16-7-5-15(2)6-8-16/h11,14H,3-8,10H2,1-2H3. The minimum absolute atomic E-state index is 0.364. The summed E-state index contributed by atoms with van der Waals surface area (Å²) in [7, 11) is 2.16. The number of piperazine rings is 1. The average Bonchev–Trinajstić information content (AvgIpc) is 3.05. The van der Waals surface area contributed by atoms with Crippen LogP contribution in [-0.2, 0) is 0 Å². The molecule has 2 aliphatic rings. The Kier molecular flexibility index (Phi) is 3.48. The van der Waals surface area contributed by atoms with Crippen molar-refractivity contribution < 1.29 is 0 Å². The number of nitriles is 1. The normalized spacial score (nSPS) is 27.3. The number of nitrogens with one attached hydrogen (secondary N) is 1. The van der Waals surface area contributed by atoms with Crippen molar-refractivity contribution in [2.75, 3.05) is 39.8 Å². The van der Waals surface area contributed by atoms with Gasteiger partial charge in [0.05, 0.1) is 6.07 Å². The molecule has 0 spiro atoms. The van der Waals surface area contributed by atoms with Gasteiger partial charge in [-0.2, -0.15) is 5.26 Å². The lowest BCUT2D eigenvalue weighted by Gasteiger charge is -2.36. The Bertz CT molecular complexity index is 273. The summed E-state index contributed by atoms with van der Waals surface area (Å²) in [4.78, 5) is 4.74. The van der Waals surface area contributed by atoms with Gasteiger partial charge in [0, 0.05) is 38.8 Å². The number of hydrogen-bond acceptors (Lipinski definition) is 4. The summed E-state index contributed by atoms with van der Waals surface area (Å²) in [5.41, 5.74) is -0.364. The molecule has 1 aliphatic carbocycles. The van der Waals surface area contributed by atoms with E-state index < -0.39 is 0 Å². The fourth-order valence-corrected chi connectivity index (χ4v) is 2.24. The van der Waals surface area contributed by atoms with Crippen molar-refractivity contribution in [3.8, 4) is 6.07 Å². The van der Waals surface area contributed by atoms with Gasteiger partial charge in [0.25, 0.3) is 0 Å². The van der Waals surface area contributed by atoms with E-state index >= 15 is 0 Å². The molecule has 1 saturated heterocycles. The van der Waals surface area contributed by atoms with Crippen LogP contribution in [0.4, 0.5) is 0 Å². The highest BCUT2D eigenvalue weighted by Crippen LogP contribution is 2.22. The van der Waals surface area contributed by atoms with Crippen LogP contribution in [0.3, 0.4) is 0 Å². The van der Waals surface area contributed by atoms with Gasteiger partial charge >= 0.3 is 0 Å². The van der Waals surface area contributed by atoms with Crippen LogP contribution in [-0.4, -0.2) is 61.2 Å². The molecule has 1 unspecified atom stereocenters. The van der Waals surface area contributed by atoms with E-state index in [1.165, 1.54) is 12.8 Å². The predicted molar refractivity (Wildman–Crippen MR) is 64.1 cm³/mol. The van der Waals surface area contributed by atoms with Gasteiger partial charge in [0.2, 0.25) is 0 Å². The average molecular weight is 222 g/mol. The highest BCUT2D eigenvalue weighted by atomic mass is 15.3. The zero-order chi connectivity index (χ0) is 11.6. The van der Waals surface area contributed by atoms with Crippen LogP contribution < -0.4 is 5.32 Å². The van der Waals surface area contributed by atoms with E-state index in [0.29, 0.717) is 6.04 Å². The van der Waals surface area contributed by atoms with Crippen LogP contribution in [0.25, 0.3) is 0 Å². The molecule has 1 aliphatic heterocycles. The molecule has 1 heterocycles. The number of rotatable bonds is 4. The molecule has 2 fully saturated rings. The first kappa shape index (κ1) is 11.8. The lowest BCUT2D eigenvalue weighted by atomic mass is 10.0. The quantitative estimate of drug-likeness (QED) is 0.741. The second kappa shape index (κ2) is 4.70. The molecular formula is C12H22N4. The van der Waals surface area contributed by atoms with E-state index in [1.807, 2.05) is 6.92 Å². The Morgan fingerprint density at radius 1 is 1.31 bits per heavy atom. The zero-order valence-corrected chi connectivity index (χ0v) is 10.4. The van der Waals surface area contributed by atoms with E-state index in [2.05, 4.69) is 28.2 Å². The molecule has 4 heteroatoms. The first-order valence-corrected chi connectivity index (χ1v) is 6.21. The van der Waals surface area contributed by atoms with Gasteiger partial charge in [-0.15, -0.1) is 0 Å². The molecular weight excluding hydrogens is 200 g/mol. The maximum absolute atomic E-state index is 9.30. The van der Waals surface area contributed by atoms with Crippen molar-refractivity contribution in [2.24, 2.45) is 0 Å². The Hall–Kier alpha value is -0.630. The molecule has 0 radical (unpaired) electrons. The Labute approximate surface area is 98.2 Å². The highest BCUT2D eigenvalue weighted by Gasteiger charge is 2.34. The summed E-state index contributed by atoms with van der Waals surface area (Å²) in [5.74, 6) is 0. The lowest BCUT2D eigenvalue weighted by molar-refractivity contribution is 0.132. The van der Waals surface area contributed by atoms with Crippen molar-refractivity contribution in [3.05, 3.63) is 0 Å². The molecule has 90 valence electrons. The fourth-order valence-electron chi connectivity index (χ4n) is 2.24. The van der Waals surface area contributed by atoms with E-state index in [1.54, 1.807) is 0 Å². The molecule has 2 rings (SSSR count). The van der Waals surface area contributed by atoms with Gasteiger partial charge < -0.3 is 4.90 Å². The van der Waals surface area contributed by atoms with Crippen molar-refractivity contribution >= 4 is 0 Å². The number of hydrogen-bond donors (Lipinski definition) is 1. The van der Waals surface area contributed by atoms with Crippen LogP contribution in [0.1, 0.15) is 19.8 Å². The smallest absolute Gasteiger partial charge is 0.116 e. The van der Waals surface area contributed by atoms with Crippen LogP contribution in [0.5, 0.6) is 0 Å². The van der Waals surface area contributed by atoms with Gasteiger partial charge in [0.1, 0.15) is 5.54 Å². The minimum Gasteiger partial charge on any atom is -0.304 e. The summed E-state index contributed by atoms with van der Waals surface area (Å²) < 4.78 is 0. The van der Waals surface area contributed by atoms with E-state index in [-0.39, 0.29) is 5.54 Å². The molecule has 0 aromatic carbocycles. The summed E-state index contributed by atoms with van der Waals surface area (Å²) in [6, 6.07) is 3.04. The van der Waals surface area contributed by atoms with Gasteiger partial charge in [-0.25, -0.2) is 0 Å². The molecule has 0 amide bonds. The Morgan fingerprint density at radius 2 is 1.94 bits per heavy atom. The Balaban J connectivity index is 1.83. The summed E-state index contributed by atoms with van der Waals surface area (Å²) in [5, 5.41) is 12.8. The third-order valence-electron chi connectivity index (χ3n) is 3.48. The summed E-state index contributed by atoms with van der Waals surface area (Å²) in [6.45, 7) is 7.29. The minimum atomic E-state index is -0.364. The second-order valence-corrected chi connectivity index (χ2v) is 5.44. The van der Waals surface area contributed by atoms with Crippen molar-refractivity contribution in [3.63, 3.8) is 0 Å². The Morgan fingerprint density at radius 3 is 2.44 bits per heavy atom. The summed E-state index contributed by atoms with van der Waals surface area (Å²) in [6.07, 6.45) is 2.47. The maximum Gasteiger partial charge on any atom is 0.116 e. The van der Waals surface area contributed by atoms with Crippen LogP contribution in [0.15, 0.2) is 0 Å².